The number of pyridine rings is 1. The summed E-state index contributed by atoms with van der Waals surface area (Å²) in [6.07, 6.45) is 2.72. The lowest BCUT2D eigenvalue weighted by Crippen LogP contribution is -2.46. The molecule has 0 aliphatic carbocycles. The molecule has 1 aliphatic rings. The first-order valence-electron chi connectivity index (χ1n) is 10.7. The molecule has 1 fully saturated rings. The maximum atomic E-state index is 6.26. The lowest BCUT2D eigenvalue weighted by Gasteiger charge is -2.34. The van der Waals surface area contributed by atoms with Crippen molar-refractivity contribution in [2.24, 2.45) is 0 Å². The Labute approximate surface area is 192 Å². The van der Waals surface area contributed by atoms with Crippen LogP contribution in [0.3, 0.4) is 0 Å². The molecular formula is C22H27Cl2N7. The molecule has 0 unspecified atom stereocenters. The van der Waals surface area contributed by atoms with Crippen LogP contribution in [0.2, 0.25) is 10.2 Å². The van der Waals surface area contributed by atoms with E-state index in [-0.39, 0.29) is 0 Å². The number of halogens is 2. The molecule has 0 spiro atoms. The molecule has 0 bridgehead atoms. The molecule has 1 aromatic carbocycles. The van der Waals surface area contributed by atoms with Crippen LogP contribution in [-0.2, 0) is 0 Å². The minimum absolute atomic E-state index is 0.463. The van der Waals surface area contributed by atoms with Crippen LogP contribution >= 0.6 is 23.2 Å². The Morgan fingerprint density at radius 1 is 0.968 bits per heavy atom. The van der Waals surface area contributed by atoms with Crippen molar-refractivity contribution in [3.8, 4) is 0 Å². The van der Waals surface area contributed by atoms with Crippen LogP contribution in [0.1, 0.15) is 13.3 Å². The summed E-state index contributed by atoms with van der Waals surface area (Å²) >= 11 is 12.3. The fourth-order valence-electron chi connectivity index (χ4n) is 3.71. The number of rotatable bonds is 8. The lowest BCUT2D eigenvalue weighted by atomic mass is 10.2. The van der Waals surface area contributed by atoms with Crippen molar-refractivity contribution in [2.75, 3.05) is 61.3 Å². The number of likely N-dealkylation sites (N-methyl/N-ethyl adjacent to an activating group) is 1. The highest BCUT2D eigenvalue weighted by atomic mass is 35.5. The van der Waals surface area contributed by atoms with Crippen LogP contribution < -0.4 is 15.5 Å². The molecule has 9 heteroatoms. The highest BCUT2D eigenvalue weighted by molar-refractivity contribution is 6.31. The maximum absolute atomic E-state index is 6.26. The van der Waals surface area contributed by atoms with Crippen LogP contribution in [0.5, 0.6) is 0 Å². The van der Waals surface area contributed by atoms with E-state index in [0.717, 1.165) is 74.6 Å². The number of fused-ring (bicyclic) bond motifs is 1. The van der Waals surface area contributed by atoms with E-state index in [0.29, 0.717) is 16.1 Å². The third-order valence-corrected chi connectivity index (χ3v) is 5.89. The average Bonchev–Trinajstić information content (AvgIpc) is 2.78. The van der Waals surface area contributed by atoms with Crippen molar-refractivity contribution in [3.05, 3.63) is 46.7 Å². The van der Waals surface area contributed by atoms with Crippen molar-refractivity contribution < 1.29 is 0 Å². The Bertz CT molecular complexity index is 1020. The molecule has 1 saturated heterocycles. The van der Waals surface area contributed by atoms with E-state index >= 15 is 0 Å². The topological polar surface area (TPSA) is 69.2 Å². The van der Waals surface area contributed by atoms with Crippen LogP contribution in [0.25, 0.3) is 10.9 Å². The molecule has 3 aromatic rings. The first-order valence-corrected chi connectivity index (χ1v) is 11.4. The van der Waals surface area contributed by atoms with E-state index in [9.17, 15) is 0 Å². The molecule has 0 atom stereocenters. The standard InChI is InChI=1S/C22H27Cl2N7/c1-2-30-10-12-31(13-11-30)22-28-20(24)15-21(29-22)27-8-3-7-25-18-6-9-26-19-14-16(23)4-5-17(18)19/h4-6,9,14-15H,2-3,7-8,10-13H2,1H3,(H,25,26)(H,27,28,29). The van der Waals surface area contributed by atoms with Crippen LogP contribution in [0.4, 0.5) is 17.5 Å². The van der Waals surface area contributed by atoms with Gasteiger partial charge in [0.1, 0.15) is 11.0 Å². The summed E-state index contributed by atoms with van der Waals surface area (Å²) in [5.74, 6) is 1.46. The fourth-order valence-corrected chi connectivity index (χ4v) is 4.05. The van der Waals surface area contributed by atoms with Gasteiger partial charge in [0.05, 0.1) is 5.52 Å². The van der Waals surface area contributed by atoms with Gasteiger partial charge < -0.3 is 20.4 Å². The molecule has 164 valence electrons. The monoisotopic (exact) mass is 459 g/mol. The van der Waals surface area contributed by atoms with E-state index in [1.54, 1.807) is 12.3 Å². The molecule has 4 rings (SSSR count). The molecule has 0 amide bonds. The number of anilines is 3. The van der Waals surface area contributed by atoms with E-state index in [1.165, 1.54) is 0 Å². The smallest absolute Gasteiger partial charge is 0.228 e. The van der Waals surface area contributed by atoms with Gasteiger partial charge in [0.15, 0.2) is 0 Å². The van der Waals surface area contributed by atoms with Gasteiger partial charge in [-0.15, -0.1) is 0 Å². The van der Waals surface area contributed by atoms with E-state index < -0.39 is 0 Å². The van der Waals surface area contributed by atoms with Crippen molar-refractivity contribution in [1.82, 2.24) is 19.9 Å². The molecule has 0 saturated carbocycles. The Morgan fingerprint density at radius 2 is 1.77 bits per heavy atom. The number of benzene rings is 1. The lowest BCUT2D eigenvalue weighted by molar-refractivity contribution is 0.270. The Balaban J connectivity index is 1.29. The highest BCUT2D eigenvalue weighted by Gasteiger charge is 2.18. The van der Waals surface area contributed by atoms with Crippen molar-refractivity contribution in [1.29, 1.82) is 0 Å². The maximum Gasteiger partial charge on any atom is 0.228 e. The third kappa shape index (κ3) is 5.67. The van der Waals surface area contributed by atoms with Gasteiger partial charge in [0.2, 0.25) is 5.95 Å². The summed E-state index contributed by atoms with van der Waals surface area (Å²) in [6.45, 7) is 8.75. The van der Waals surface area contributed by atoms with Crippen LogP contribution in [0.15, 0.2) is 36.5 Å². The second-order valence-corrected chi connectivity index (χ2v) is 8.35. The van der Waals surface area contributed by atoms with Crippen molar-refractivity contribution >= 4 is 51.6 Å². The highest BCUT2D eigenvalue weighted by Crippen LogP contribution is 2.24. The Morgan fingerprint density at radius 3 is 2.58 bits per heavy atom. The number of hydrogen-bond donors (Lipinski definition) is 2. The summed E-state index contributed by atoms with van der Waals surface area (Å²) in [5, 5.41) is 9.08. The zero-order valence-corrected chi connectivity index (χ0v) is 19.1. The van der Waals surface area contributed by atoms with Gasteiger partial charge >= 0.3 is 0 Å². The predicted octanol–water partition coefficient (Wildman–Crippen LogP) is 4.39. The fraction of sp³-hybridized carbons (Fsp3) is 0.409. The van der Waals surface area contributed by atoms with Crippen molar-refractivity contribution in [3.63, 3.8) is 0 Å². The van der Waals surface area contributed by atoms with Crippen LogP contribution in [-0.4, -0.2) is 65.7 Å². The van der Waals surface area contributed by atoms with Gasteiger partial charge in [0, 0.05) is 67.6 Å². The first-order chi connectivity index (χ1) is 15.1. The summed E-state index contributed by atoms with van der Waals surface area (Å²) in [6, 6.07) is 9.52. The third-order valence-electron chi connectivity index (χ3n) is 5.47. The number of nitrogens with one attached hydrogen (secondary N) is 2. The number of piperazine rings is 1. The first kappa shape index (κ1) is 21.9. The van der Waals surface area contributed by atoms with Gasteiger partial charge in [-0.1, -0.05) is 30.1 Å². The molecule has 2 N–H and O–H groups in total. The Kier molecular flexibility index (Phi) is 7.27. The minimum Gasteiger partial charge on any atom is -0.384 e. The largest absolute Gasteiger partial charge is 0.384 e. The quantitative estimate of drug-likeness (QED) is 0.382. The van der Waals surface area contributed by atoms with Gasteiger partial charge in [-0.3, -0.25) is 4.98 Å². The molecular weight excluding hydrogens is 433 g/mol. The van der Waals surface area contributed by atoms with Crippen LogP contribution in [0, 0.1) is 0 Å². The molecule has 0 radical (unpaired) electrons. The molecule has 3 heterocycles. The molecule has 2 aromatic heterocycles. The van der Waals surface area contributed by atoms with Gasteiger partial charge in [0.25, 0.3) is 0 Å². The van der Waals surface area contributed by atoms with Gasteiger partial charge in [-0.05, 0) is 37.2 Å². The SMILES string of the molecule is CCN1CCN(c2nc(Cl)cc(NCCCNc3ccnc4cc(Cl)ccc34)n2)CC1. The summed E-state index contributed by atoms with van der Waals surface area (Å²) < 4.78 is 0. The molecule has 1 aliphatic heterocycles. The van der Waals surface area contributed by atoms with Gasteiger partial charge in [-0.25, -0.2) is 4.98 Å². The van der Waals surface area contributed by atoms with E-state index in [2.05, 4.69) is 42.3 Å². The summed E-state index contributed by atoms with van der Waals surface area (Å²) in [5.41, 5.74) is 1.94. The normalized spacial score (nSPS) is 14.7. The second-order valence-electron chi connectivity index (χ2n) is 7.52. The van der Waals surface area contributed by atoms with E-state index in [1.807, 2.05) is 24.3 Å². The minimum atomic E-state index is 0.463. The number of hydrogen-bond acceptors (Lipinski definition) is 7. The van der Waals surface area contributed by atoms with Gasteiger partial charge in [-0.2, -0.15) is 4.98 Å². The number of aromatic nitrogens is 3. The Hall–Kier alpha value is -2.35. The summed E-state index contributed by atoms with van der Waals surface area (Å²) in [7, 11) is 0. The zero-order valence-electron chi connectivity index (χ0n) is 17.6. The summed E-state index contributed by atoms with van der Waals surface area (Å²) in [4.78, 5) is 18.1. The average molecular weight is 460 g/mol. The second kappa shape index (κ2) is 10.3. The molecule has 7 nitrogen and oxygen atoms in total. The predicted molar refractivity (Wildman–Crippen MR) is 130 cm³/mol. The van der Waals surface area contributed by atoms with Crippen molar-refractivity contribution in [2.45, 2.75) is 13.3 Å². The van der Waals surface area contributed by atoms with E-state index in [4.69, 9.17) is 23.2 Å². The molecule has 31 heavy (non-hydrogen) atoms. The number of nitrogens with zero attached hydrogens (tertiary/aromatic N) is 5. The zero-order chi connectivity index (χ0) is 21.6.